The molecule has 0 saturated carbocycles. The third kappa shape index (κ3) is 4.42. The topological polar surface area (TPSA) is 66.9 Å². The minimum atomic E-state index is -0.274. The Balaban J connectivity index is 1.61. The third-order valence-corrected chi connectivity index (χ3v) is 3.91. The number of halogens is 1. The lowest BCUT2D eigenvalue weighted by Gasteiger charge is -2.09. The Hall–Kier alpha value is -3.28. The quantitative estimate of drug-likeness (QED) is 0.727. The average molecular weight is 350 g/mol. The second kappa shape index (κ2) is 7.74. The van der Waals surface area contributed by atoms with Gasteiger partial charge in [0, 0.05) is 24.6 Å². The Morgan fingerprint density at radius 1 is 1.04 bits per heavy atom. The SMILES string of the molecule is Cc1ccc(NC(=O)c2cnc(NCc3ccc(F)cc3)nc2)c(C)c1. The van der Waals surface area contributed by atoms with Crippen LogP contribution in [0.25, 0.3) is 0 Å². The van der Waals surface area contributed by atoms with Gasteiger partial charge in [0.2, 0.25) is 5.95 Å². The van der Waals surface area contributed by atoms with Crippen molar-refractivity contribution in [2.24, 2.45) is 0 Å². The zero-order valence-electron chi connectivity index (χ0n) is 14.6. The maximum absolute atomic E-state index is 12.9. The number of amides is 1. The van der Waals surface area contributed by atoms with Crippen molar-refractivity contribution in [3.63, 3.8) is 0 Å². The van der Waals surface area contributed by atoms with Gasteiger partial charge in [-0.15, -0.1) is 0 Å². The van der Waals surface area contributed by atoms with Crippen LogP contribution in [-0.4, -0.2) is 15.9 Å². The maximum atomic E-state index is 12.9. The number of nitrogens with one attached hydrogen (secondary N) is 2. The van der Waals surface area contributed by atoms with Gasteiger partial charge in [-0.2, -0.15) is 0 Å². The fraction of sp³-hybridized carbons (Fsp3) is 0.150. The molecule has 0 radical (unpaired) electrons. The minimum Gasteiger partial charge on any atom is -0.350 e. The Morgan fingerprint density at radius 2 is 1.73 bits per heavy atom. The standard InChI is InChI=1S/C20H19FN4O/c1-13-3-8-18(14(2)9-13)25-19(26)16-11-23-20(24-12-16)22-10-15-4-6-17(21)7-5-15/h3-9,11-12H,10H2,1-2H3,(H,25,26)(H,22,23,24). The van der Waals surface area contributed by atoms with E-state index in [1.807, 2.05) is 32.0 Å². The molecule has 1 amide bonds. The van der Waals surface area contributed by atoms with Gasteiger partial charge in [0.1, 0.15) is 5.82 Å². The number of hydrogen-bond acceptors (Lipinski definition) is 4. The molecule has 0 saturated heterocycles. The number of rotatable bonds is 5. The van der Waals surface area contributed by atoms with E-state index in [-0.39, 0.29) is 11.7 Å². The molecule has 2 N–H and O–H groups in total. The molecular weight excluding hydrogens is 331 g/mol. The summed E-state index contributed by atoms with van der Waals surface area (Å²) in [6, 6.07) is 12.0. The fourth-order valence-corrected chi connectivity index (χ4v) is 2.47. The lowest BCUT2D eigenvalue weighted by molar-refractivity contribution is 0.102. The predicted molar refractivity (Wildman–Crippen MR) is 99.6 cm³/mol. The first-order valence-corrected chi connectivity index (χ1v) is 8.20. The molecule has 0 fully saturated rings. The van der Waals surface area contributed by atoms with E-state index >= 15 is 0 Å². The second-order valence-corrected chi connectivity index (χ2v) is 6.05. The molecule has 3 aromatic rings. The molecule has 0 aliphatic rings. The van der Waals surface area contributed by atoms with Crippen LogP contribution in [0.2, 0.25) is 0 Å². The third-order valence-electron chi connectivity index (χ3n) is 3.91. The molecule has 26 heavy (non-hydrogen) atoms. The van der Waals surface area contributed by atoms with Gasteiger partial charge in [-0.1, -0.05) is 29.8 Å². The van der Waals surface area contributed by atoms with E-state index in [1.165, 1.54) is 24.5 Å². The summed E-state index contributed by atoms with van der Waals surface area (Å²) in [5.74, 6) is -0.136. The van der Waals surface area contributed by atoms with Crippen LogP contribution in [-0.2, 0) is 6.54 Å². The number of carbonyl (C=O) groups excluding carboxylic acids is 1. The summed E-state index contributed by atoms with van der Waals surface area (Å²) in [5, 5.41) is 5.90. The van der Waals surface area contributed by atoms with Crippen LogP contribution in [0.1, 0.15) is 27.0 Å². The minimum absolute atomic E-state index is 0.262. The normalized spacial score (nSPS) is 10.4. The zero-order chi connectivity index (χ0) is 18.5. The molecule has 1 aromatic heterocycles. The molecule has 0 atom stereocenters. The van der Waals surface area contributed by atoms with E-state index < -0.39 is 0 Å². The van der Waals surface area contributed by atoms with Crippen LogP contribution < -0.4 is 10.6 Å². The Labute approximate surface area is 151 Å². The van der Waals surface area contributed by atoms with Gasteiger partial charge in [-0.25, -0.2) is 14.4 Å². The summed E-state index contributed by atoms with van der Waals surface area (Å²) in [4.78, 5) is 20.6. The molecule has 1 heterocycles. The van der Waals surface area contributed by atoms with Crippen LogP contribution in [0.4, 0.5) is 16.0 Å². The number of anilines is 2. The smallest absolute Gasteiger partial charge is 0.258 e. The number of carbonyl (C=O) groups is 1. The monoisotopic (exact) mass is 350 g/mol. The highest BCUT2D eigenvalue weighted by Gasteiger charge is 2.09. The van der Waals surface area contributed by atoms with Gasteiger partial charge >= 0.3 is 0 Å². The van der Waals surface area contributed by atoms with Crippen molar-refractivity contribution in [1.82, 2.24) is 9.97 Å². The van der Waals surface area contributed by atoms with Crippen LogP contribution >= 0.6 is 0 Å². The fourth-order valence-electron chi connectivity index (χ4n) is 2.47. The van der Waals surface area contributed by atoms with E-state index in [1.54, 1.807) is 12.1 Å². The number of hydrogen-bond donors (Lipinski definition) is 2. The molecule has 0 unspecified atom stereocenters. The molecular formula is C20H19FN4O. The molecule has 132 valence electrons. The van der Waals surface area contributed by atoms with E-state index in [0.717, 1.165) is 22.4 Å². The Kier molecular flexibility index (Phi) is 5.22. The lowest BCUT2D eigenvalue weighted by Crippen LogP contribution is -2.14. The zero-order valence-corrected chi connectivity index (χ0v) is 14.6. The van der Waals surface area contributed by atoms with Crippen LogP contribution in [0, 0.1) is 19.7 Å². The largest absolute Gasteiger partial charge is 0.350 e. The summed E-state index contributed by atoms with van der Waals surface area (Å²) >= 11 is 0. The Bertz CT molecular complexity index is 908. The highest BCUT2D eigenvalue weighted by molar-refractivity contribution is 6.04. The molecule has 5 nitrogen and oxygen atoms in total. The van der Waals surface area contributed by atoms with Crippen molar-refractivity contribution in [1.29, 1.82) is 0 Å². The number of nitrogens with zero attached hydrogens (tertiary/aromatic N) is 2. The lowest BCUT2D eigenvalue weighted by atomic mass is 10.1. The first kappa shape index (κ1) is 17.5. The van der Waals surface area contributed by atoms with Crippen LogP contribution in [0.3, 0.4) is 0 Å². The van der Waals surface area contributed by atoms with Crippen molar-refractivity contribution < 1.29 is 9.18 Å². The molecule has 0 aliphatic carbocycles. The number of benzene rings is 2. The molecule has 3 rings (SSSR count). The molecule has 0 spiro atoms. The highest BCUT2D eigenvalue weighted by Crippen LogP contribution is 2.17. The van der Waals surface area contributed by atoms with Crippen LogP contribution in [0.15, 0.2) is 54.9 Å². The van der Waals surface area contributed by atoms with Crippen molar-refractivity contribution in [3.8, 4) is 0 Å². The van der Waals surface area contributed by atoms with Crippen molar-refractivity contribution in [2.75, 3.05) is 10.6 Å². The summed E-state index contributed by atoms with van der Waals surface area (Å²) in [6.07, 6.45) is 2.94. The van der Waals surface area contributed by atoms with Gasteiger partial charge in [-0.3, -0.25) is 4.79 Å². The first-order chi connectivity index (χ1) is 12.5. The van der Waals surface area contributed by atoms with Crippen molar-refractivity contribution in [3.05, 3.63) is 82.9 Å². The van der Waals surface area contributed by atoms with Gasteiger partial charge in [0.05, 0.1) is 5.56 Å². The Morgan fingerprint density at radius 3 is 2.38 bits per heavy atom. The summed E-state index contributed by atoms with van der Waals surface area (Å²) in [5.41, 5.74) is 4.18. The molecule has 0 aliphatic heterocycles. The summed E-state index contributed by atoms with van der Waals surface area (Å²) < 4.78 is 12.9. The summed E-state index contributed by atoms with van der Waals surface area (Å²) in [7, 11) is 0. The molecule has 2 aromatic carbocycles. The molecule has 6 heteroatoms. The van der Waals surface area contributed by atoms with Gasteiger partial charge in [-0.05, 0) is 43.2 Å². The highest BCUT2D eigenvalue weighted by atomic mass is 19.1. The van der Waals surface area contributed by atoms with Crippen LogP contribution in [0.5, 0.6) is 0 Å². The maximum Gasteiger partial charge on any atom is 0.258 e. The van der Waals surface area contributed by atoms with E-state index in [2.05, 4.69) is 20.6 Å². The first-order valence-electron chi connectivity index (χ1n) is 8.20. The van der Waals surface area contributed by atoms with E-state index in [0.29, 0.717) is 18.1 Å². The van der Waals surface area contributed by atoms with E-state index in [9.17, 15) is 9.18 Å². The van der Waals surface area contributed by atoms with Gasteiger partial charge in [0.25, 0.3) is 5.91 Å². The molecule has 0 bridgehead atoms. The van der Waals surface area contributed by atoms with Gasteiger partial charge < -0.3 is 10.6 Å². The number of aryl methyl sites for hydroxylation is 2. The number of aromatic nitrogens is 2. The van der Waals surface area contributed by atoms with Gasteiger partial charge in [0.15, 0.2) is 0 Å². The van der Waals surface area contributed by atoms with Crippen molar-refractivity contribution in [2.45, 2.75) is 20.4 Å². The van der Waals surface area contributed by atoms with Crippen molar-refractivity contribution >= 4 is 17.5 Å². The average Bonchev–Trinajstić information content (AvgIpc) is 2.64. The second-order valence-electron chi connectivity index (χ2n) is 6.05. The summed E-state index contributed by atoms with van der Waals surface area (Å²) in [6.45, 7) is 4.42. The van der Waals surface area contributed by atoms with E-state index in [4.69, 9.17) is 0 Å². The predicted octanol–water partition coefficient (Wildman–Crippen LogP) is 4.10.